The Bertz CT molecular complexity index is 291. The first-order valence-corrected chi connectivity index (χ1v) is 7.60. The van der Waals surface area contributed by atoms with E-state index in [2.05, 4.69) is 13.8 Å². The van der Waals surface area contributed by atoms with Crippen LogP contribution in [-0.4, -0.2) is 36.5 Å². The highest BCUT2D eigenvalue weighted by molar-refractivity contribution is 5.82. The molecule has 19 heavy (non-hydrogen) atoms. The van der Waals surface area contributed by atoms with Crippen molar-refractivity contribution in [3.63, 3.8) is 0 Å². The predicted molar refractivity (Wildman–Crippen MR) is 74.7 cm³/mol. The minimum Gasteiger partial charge on any atom is -0.464 e. The van der Waals surface area contributed by atoms with Crippen LogP contribution in [0.4, 0.5) is 0 Å². The largest absolute Gasteiger partial charge is 0.464 e. The van der Waals surface area contributed by atoms with Crippen molar-refractivity contribution in [3.8, 4) is 0 Å². The van der Waals surface area contributed by atoms with E-state index < -0.39 is 0 Å². The molecule has 0 aliphatic carbocycles. The Morgan fingerprint density at radius 3 is 2.79 bits per heavy atom. The van der Waals surface area contributed by atoms with Crippen molar-refractivity contribution in [1.82, 2.24) is 4.90 Å². The highest BCUT2D eigenvalue weighted by Gasteiger charge is 2.23. The Morgan fingerprint density at radius 2 is 2.11 bits per heavy atom. The smallest absolute Gasteiger partial charge is 0.325 e. The molecule has 1 atom stereocenters. The lowest BCUT2D eigenvalue weighted by molar-refractivity contribution is -0.149. The average Bonchev–Trinajstić information content (AvgIpc) is 2.55. The van der Waals surface area contributed by atoms with E-state index in [1.807, 2.05) is 0 Å². The van der Waals surface area contributed by atoms with Crippen molar-refractivity contribution in [2.24, 2.45) is 5.92 Å². The zero-order valence-corrected chi connectivity index (χ0v) is 12.3. The second-order valence-corrected chi connectivity index (χ2v) is 5.37. The lowest BCUT2D eigenvalue weighted by Crippen LogP contribution is -2.36. The number of hydrogen-bond donors (Lipinski definition) is 0. The van der Waals surface area contributed by atoms with Crippen molar-refractivity contribution in [2.45, 2.75) is 58.8 Å². The van der Waals surface area contributed by atoms with Gasteiger partial charge in [-0.3, -0.25) is 9.59 Å². The fourth-order valence-corrected chi connectivity index (χ4v) is 2.49. The summed E-state index contributed by atoms with van der Waals surface area (Å²) in [6.07, 6.45) is 6.80. The first kappa shape index (κ1) is 16.0. The van der Waals surface area contributed by atoms with Crippen LogP contribution < -0.4 is 0 Å². The third-order valence-electron chi connectivity index (χ3n) is 3.70. The summed E-state index contributed by atoms with van der Waals surface area (Å²) in [7, 11) is 0. The molecule has 1 aliphatic rings. The summed E-state index contributed by atoms with van der Waals surface area (Å²) >= 11 is 0. The van der Waals surface area contributed by atoms with Gasteiger partial charge in [0.2, 0.25) is 5.91 Å². The van der Waals surface area contributed by atoms with Gasteiger partial charge in [0.05, 0.1) is 6.61 Å². The molecule has 0 spiro atoms. The van der Waals surface area contributed by atoms with E-state index in [0.717, 1.165) is 32.1 Å². The van der Waals surface area contributed by atoms with E-state index in [1.165, 1.54) is 6.42 Å². The predicted octanol–water partition coefficient (Wildman–Crippen LogP) is 2.76. The van der Waals surface area contributed by atoms with Crippen LogP contribution in [0.5, 0.6) is 0 Å². The van der Waals surface area contributed by atoms with Crippen LogP contribution in [0.25, 0.3) is 0 Å². The Morgan fingerprint density at radius 1 is 1.32 bits per heavy atom. The van der Waals surface area contributed by atoms with Gasteiger partial charge in [-0.2, -0.15) is 0 Å². The molecule has 1 aliphatic heterocycles. The molecular weight excluding hydrogens is 242 g/mol. The molecule has 4 heteroatoms. The number of amides is 1. The Balaban J connectivity index is 2.35. The first-order valence-electron chi connectivity index (χ1n) is 7.60. The summed E-state index contributed by atoms with van der Waals surface area (Å²) in [5.41, 5.74) is 0. The maximum atomic E-state index is 11.9. The molecule has 1 heterocycles. The molecule has 0 bridgehead atoms. The molecule has 0 saturated carbocycles. The van der Waals surface area contributed by atoms with E-state index in [-0.39, 0.29) is 18.4 Å². The molecule has 0 radical (unpaired) electrons. The number of hydrogen-bond acceptors (Lipinski definition) is 3. The van der Waals surface area contributed by atoms with Gasteiger partial charge in [0, 0.05) is 13.0 Å². The lowest BCUT2D eigenvalue weighted by atomic mass is 9.96. The number of ether oxygens (including phenoxy) is 1. The summed E-state index contributed by atoms with van der Waals surface area (Å²) in [5.74, 6) is 0.469. The van der Waals surface area contributed by atoms with E-state index in [4.69, 9.17) is 4.74 Å². The molecule has 0 aromatic carbocycles. The van der Waals surface area contributed by atoms with Gasteiger partial charge in [-0.1, -0.05) is 33.1 Å². The Labute approximate surface area is 116 Å². The van der Waals surface area contributed by atoms with Crippen LogP contribution >= 0.6 is 0 Å². The fraction of sp³-hybridized carbons (Fsp3) is 0.867. The van der Waals surface area contributed by atoms with Crippen molar-refractivity contribution in [1.29, 1.82) is 0 Å². The number of nitrogens with zero attached hydrogens (tertiary/aromatic N) is 1. The topological polar surface area (TPSA) is 46.6 Å². The summed E-state index contributed by atoms with van der Waals surface area (Å²) in [6, 6.07) is 0. The third kappa shape index (κ3) is 6.08. The molecule has 0 N–H and O–H groups in total. The van der Waals surface area contributed by atoms with Gasteiger partial charge in [-0.15, -0.1) is 0 Å². The highest BCUT2D eigenvalue weighted by atomic mass is 16.5. The van der Waals surface area contributed by atoms with Crippen LogP contribution in [0.3, 0.4) is 0 Å². The molecule has 110 valence electrons. The van der Waals surface area contributed by atoms with E-state index in [9.17, 15) is 9.59 Å². The molecule has 0 aromatic heterocycles. The molecular formula is C15H27NO3. The van der Waals surface area contributed by atoms with Gasteiger partial charge in [0.1, 0.15) is 6.54 Å². The van der Waals surface area contributed by atoms with Crippen molar-refractivity contribution in [3.05, 3.63) is 0 Å². The second kappa shape index (κ2) is 8.94. The third-order valence-corrected chi connectivity index (χ3v) is 3.70. The minimum atomic E-state index is -0.268. The summed E-state index contributed by atoms with van der Waals surface area (Å²) in [4.78, 5) is 25.3. The Hall–Kier alpha value is -1.06. The molecule has 1 unspecified atom stereocenters. The van der Waals surface area contributed by atoms with Gasteiger partial charge < -0.3 is 9.64 Å². The number of carbonyl (C=O) groups excluding carboxylic acids is 2. The lowest BCUT2D eigenvalue weighted by Gasteiger charge is -2.19. The summed E-state index contributed by atoms with van der Waals surface area (Å²) in [5, 5.41) is 0. The molecule has 1 fully saturated rings. The Kier molecular flexibility index (Phi) is 7.53. The van der Waals surface area contributed by atoms with Gasteiger partial charge in [0.15, 0.2) is 0 Å². The summed E-state index contributed by atoms with van der Waals surface area (Å²) < 4.78 is 5.12. The quantitative estimate of drug-likeness (QED) is 0.527. The normalized spacial score (nSPS) is 20.2. The van der Waals surface area contributed by atoms with Gasteiger partial charge in [-0.25, -0.2) is 0 Å². The second-order valence-electron chi connectivity index (χ2n) is 5.37. The number of rotatable bonds is 7. The van der Waals surface area contributed by atoms with Gasteiger partial charge in [0.25, 0.3) is 0 Å². The van der Waals surface area contributed by atoms with Crippen LogP contribution in [0, 0.1) is 5.92 Å². The molecule has 0 aromatic rings. The maximum Gasteiger partial charge on any atom is 0.325 e. The van der Waals surface area contributed by atoms with Crippen molar-refractivity contribution >= 4 is 11.9 Å². The van der Waals surface area contributed by atoms with Crippen LogP contribution in [0.1, 0.15) is 58.8 Å². The highest BCUT2D eigenvalue weighted by Crippen LogP contribution is 2.22. The van der Waals surface area contributed by atoms with Crippen LogP contribution in [-0.2, 0) is 14.3 Å². The van der Waals surface area contributed by atoms with Crippen LogP contribution in [0.2, 0.25) is 0 Å². The van der Waals surface area contributed by atoms with Crippen LogP contribution in [0.15, 0.2) is 0 Å². The fourth-order valence-electron chi connectivity index (χ4n) is 2.49. The zero-order chi connectivity index (χ0) is 14.1. The molecule has 1 saturated heterocycles. The summed E-state index contributed by atoms with van der Waals surface area (Å²) in [6.45, 7) is 5.53. The standard InChI is InChI=1S/C15H27NO3/c1-3-5-11-19-15(18)12-16-10-9-13(6-4-2)7-8-14(16)17/h13H,3-12H2,1-2H3. The van der Waals surface area contributed by atoms with Gasteiger partial charge in [-0.05, 0) is 25.2 Å². The monoisotopic (exact) mass is 269 g/mol. The van der Waals surface area contributed by atoms with Gasteiger partial charge >= 0.3 is 5.97 Å². The van der Waals surface area contributed by atoms with Crippen molar-refractivity contribution in [2.75, 3.05) is 19.7 Å². The SMILES string of the molecule is CCCCOC(=O)CN1CCC(CCC)CCC1=O. The minimum absolute atomic E-state index is 0.103. The van der Waals surface area contributed by atoms with E-state index >= 15 is 0 Å². The number of esters is 1. The number of unbranched alkanes of at least 4 members (excludes halogenated alkanes) is 1. The molecule has 4 nitrogen and oxygen atoms in total. The van der Waals surface area contributed by atoms with Crippen molar-refractivity contribution < 1.29 is 14.3 Å². The number of likely N-dealkylation sites (tertiary alicyclic amines) is 1. The number of carbonyl (C=O) groups is 2. The molecule has 1 amide bonds. The zero-order valence-electron chi connectivity index (χ0n) is 12.3. The molecule has 1 rings (SSSR count). The first-order chi connectivity index (χ1) is 9.17. The maximum absolute atomic E-state index is 11.9. The van der Waals surface area contributed by atoms with E-state index in [0.29, 0.717) is 25.5 Å². The van der Waals surface area contributed by atoms with E-state index in [1.54, 1.807) is 4.90 Å². The average molecular weight is 269 g/mol.